The molecule has 0 aliphatic carbocycles. The van der Waals surface area contributed by atoms with Gasteiger partial charge in [-0.05, 0) is 67.4 Å². The van der Waals surface area contributed by atoms with Gasteiger partial charge in [0.25, 0.3) is 5.91 Å². The quantitative estimate of drug-likeness (QED) is 0.0914. The first-order valence-corrected chi connectivity index (χ1v) is 17.5. The molecule has 2 aliphatic heterocycles. The van der Waals surface area contributed by atoms with Gasteiger partial charge in [0.2, 0.25) is 0 Å². The number of esters is 1. The number of ether oxygens (including phenoxy) is 2. The van der Waals surface area contributed by atoms with Crippen LogP contribution in [0.4, 0.5) is 23.0 Å². The smallest absolute Gasteiger partial charge is 0.340 e. The summed E-state index contributed by atoms with van der Waals surface area (Å²) >= 11 is 0. The number of anilines is 4. The van der Waals surface area contributed by atoms with Crippen molar-refractivity contribution in [1.29, 1.82) is 0 Å². The molecule has 4 heterocycles. The third-order valence-corrected chi connectivity index (χ3v) is 9.85. The van der Waals surface area contributed by atoms with Crippen LogP contribution in [0.2, 0.25) is 0 Å². The number of hydrogen-bond donors (Lipinski definition) is 4. The van der Waals surface area contributed by atoms with Crippen molar-refractivity contribution in [2.75, 3.05) is 62.1 Å². The number of amides is 1. The van der Waals surface area contributed by atoms with E-state index in [2.05, 4.69) is 20.6 Å². The Bertz CT molecular complexity index is 2340. The fourth-order valence-electron chi connectivity index (χ4n) is 7.12. The van der Waals surface area contributed by atoms with Gasteiger partial charge in [-0.1, -0.05) is 12.1 Å². The molecule has 0 atom stereocenters. The van der Waals surface area contributed by atoms with E-state index in [0.717, 1.165) is 40.7 Å². The minimum Gasteiger partial charge on any atom is -0.456 e. The van der Waals surface area contributed by atoms with Crippen LogP contribution in [0.15, 0.2) is 91.1 Å². The average Bonchev–Trinajstić information content (AvgIpc) is 3.75. The molecule has 8 rings (SSSR count). The van der Waals surface area contributed by atoms with Crippen molar-refractivity contribution in [3.8, 4) is 22.9 Å². The molecule has 2 aliphatic rings. The average molecular weight is 709 g/mol. The van der Waals surface area contributed by atoms with Crippen LogP contribution in [0.1, 0.15) is 50.2 Å². The van der Waals surface area contributed by atoms with E-state index in [1.807, 2.05) is 105 Å². The lowest BCUT2D eigenvalue weighted by Gasteiger charge is -2.37. The number of nitrogens with one attached hydrogen (secondary N) is 3. The highest BCUT2D eigenvalue weighted by Crippen LogP contribution is 2.57. The Morgan fingerprint density at radius 2 is 1.53 bits per heavy atom. The first-order chi connectivity index (χ1) is 25.6. The van der Waals surface area contributed by atoms with Crippen LogP contribution in [0.25, 0.3) is 22.3 Å². The molecule has 1 amide bonds. The summed E-state index contributed by atoms with van der Waals surface area (Å²) in [4.78, 5) is 43.4. The maximum absolute atomic E-state index is 13.5. The number of carbonyl (C=O) groups excluding carboxylic acids is 2. The Kier molecular flexibility index (Phi) is 8.37. The highest BCUT2D eigenvalue weighted by atomic mass is 16.6. The van der Waals surface area contributed by atoms with Crippen LogP contribution < -0.4 is 30.9 Å². The Morgan fingerprint density at radius 3 is 2.25 bits per heavy atom. The largest absolute Gasteiger partial charge is 0.456 e. The molecule has 6 aromatic rings. The number of unbranched alkanes of at least 4 members (excludes halogenated alkanes) is 1. The molecule has 12 heteroatoms. The minimum atomic E-state index is -1.29. The van der Waals surface area contributed by atoms with Gasteiger partial charge in [0.05, 0.1) is 5.56 Å². The van der Waals surface area contributed by atoms with Crippen LogP contribution in [-0.2, 0) is 10.3 Å². The number of aromatic nitrogens is 3. The van der Waals surface area contributed by atoms with Crippen molar-refractivity contribution >= 4 is 45.8 Å². The lowest BCUT2D eigenvalue weighted by atomic mass is 9.77. The summed E-state index contributed by atoms with van der Waals surface area (Å²) in [6, 6.07) is 26.5. The van der Waals surface area contributed by atoms with E-state index in [-0.39, 0.29) is 5.91 Å². The van der Waals surface area contributed by atoms with Crippen LogP contribution in [-0.4, -0.2) is 68.1 Å². The molecule has 0 saturated carbocycles. The fraction of sp³-hybridized carbons (Fsp3) is 0.220. The molecule has 2 aromatic heterocycles. The fourth-order valence-corrected chi connectivity index (χ4v) is 7.12. The predicted octanol–water partition coefficient (Wildman–Crippen LogP) is 6.53. The van der Waals surface area contributed by atoms with Crippen molar-refractivity contribution in [2.24, 2.45) is 0 Å². The van der Waals surface area contributed by atoms with Gasteiger partial charge < -0.3 is 40.6 Å². The van der Waals surface area contributed by atoms with Gasteiger partial charge in [0.15, 0.2) is 11.4 Å². The number of fused-ring (bicyclic) bond motifs is 7. The number of aromatic amines is 1. The van der Waals surface area contributed by atoms with E-state index in [1.54, 1.807) is 24.3 Å². The van der Waals surface area contributed by atoms with Crippen LogP contribution in [0.3, 0.4) is 0 Å². The van der Waals surface area contributed by atoms with Crippen molar-refractivity contribution in [3.05, 3.63) is 119 Å². The summed E-state index contributed by atoms with van der Waals surface area (Å²) in [6.45, 7) is 1.10. The first-order valence-electron chi connectivity index (χ1n) is 17.5. The molecule has 0 unspecified atom stereocenters. The van der Waals surface area contributed by atoms with Crippen LogP contribution >= 0.6 is 0 Å². The molecule has 0 fully saturated rings. The lowest BCUT2D eigenvalue weighted by molar-refractivity contribution is 0.0224. The van der Waals surface area contributed by atoms with E-state index in [9.17, 15) is 9.59 Å². The summed E-state index contributed by atoms with van der Waals surface area (Å²) in [5.74, 6) is 2.05. The number of benzene rings is 4. The molecule has 0 radical (unpaired) electrons. The van der Waals surface area contributed by atoms with E-state index >= 15 is 0 Å². The Balaban J connectivity index is 0.978. The number of rotatable bonds is 10. The van der Waals surface area contributed by atoms with Gasteiger partial charge in [-0.25, -0.2) is 14.8 Å². The van der Waals surface area contributed by atoms with E-state index in [4.69, 9.17) is 20.2 Å². The van der Waals surface area contributed by atoms with Crippen molar-refractivity contribution in [1.82, 2.24) is 20.3 Å². The second-order valence-electron chi connectivity index (χ2n) is 13.7. The number of nitrogens with zero attached hydrogens (tertiary/aromatic N) is 4. The second-order valence-corrected chi connectivity index (χ2v) is 13.7. The zero-order valence-corrected chi connectivity index (χ0v) is 30.0. The van der Waals surface area contributed by atoms with Crippen molar-refractivity contribution < 1.29 is 19.1 Å². The molecule has 5 N–H and O–H groups in total. The summed E-state index contributed by atoms with van der Waals surface area (Å²) in [6.07, 6.45) is 3.40. The Labute approximate surface area is 307 Å². The molecule has 0 saturated heterocycles. The summed E-state index contributed by atoms with van der Waals surface area (Å²) in [5.41, 5.74) is 11.5. The first kappa shape index (κ1) is 33.6. The zero-order chi connectivity index (χ0) is 36.9. The standard InChI is InChI=1S/C41H40N8O4/c1-48(2)25-11-14-30-34(21-25)52-35-22-26(49(3)4)12-15-31(35)41(30)32-20-24(10-13-29(32)40(51)53-41)39(50)45-18-6-5-17-44-37-23-36(42)46-38(47-37)28-8-7-9-33-27(28)16-19-43-33/h7-16,19-23,43H,5-6,17-18H2,1-4H3,(H,45,50)(H3,42,44,46,47). The molecule has 1 spiro atoms. The normalized spacial score (nSPS) is 13.5. The molecular formula is C41H40N8O4. The number of carbonyl (C=O) groups is 2. The monoisotopic (exact) mass is 708 g/mol. The van der Waals surface area contributed by atoms with Crippen molar-refractivity contribution in [3.63, 3.8) is 0 Å². The highest BCUT2D eigenvalue weighted by molar-refractivity contribution is 6.01. The molecule has 0 bridgehead atoms. The third kappa shape index (κ3) is 5.91. The second kappa shape index (κ2) is 13.2. The Hall–Kier alpha value is -6.56. The molecule has 4 aromatic carbocycles. The van der Waals surface area contributed by atoms with Gasteiger partial charge in [0, 0.05) is 116 Å². The van der Waals surface area contributed by atoms with Gasteiger partial charge in [0.1, 0.15) is 23.1 Å². The molecular weight excluding hydrogens is 669 g/mol. The SMILES string of the molecule is CN(C)c1ccc2c(c1)Oc1cc(N(C)C)ccc1C21OC(=O)c2ccc(C(=O)NCCCCNc3cc(N)nc(-c4cccc5[nH]ccc45)n3)cc21. The molecule has 268 valence electrons. The number of nitrogen functional groups attached to an aromatic ring is 1. The maximum Gasteiger partial charge on any atom is 0.340 e. The van der Waals surface area contributed by atoms with E-state index < -0.39 is 11.6 Å². The predicted molar refractivity (Wildman–Crippen MR) is 207 cm³/mol. The number of hydrogen-bond acceptors (Lipinski definition) is 10. The maximum atomic E-state index is 13.5. The van der Waals surface area contributed by atoms with Gasteiger partial charge >= 0.3 is 5.97 Å². The van der Waals surface area contributed by atoms with Gasteiger partial charge in [-0.2, -0.15) is 0 Å². The van der Waals surface area contributed by atoms with Crippen molar-refractivity contribution in [2.45, 2.75) is 18.4 Å². The van der Waals surface area contributed by atoms with Gasteiger partial charge in [-0.3, -0.25) is 4.79 Å². The Morgan fingerprint density at radius 1 is 0.811 bits per heavy atom. The molecule has 53 heavy (non-hydrogen) atoms. The zero-order valence-electron chi connectivity index (χ0n) is 30.0. The number of nitrogens with two attached hydrogens (primary N) is 1. The summed E-state index contributed by atoms with van der Waals surface area (Å²) in [7, 11) is 7.84. The van der Waals surface area contributed by atoms with Gasteiger partial charge in [-0.15, -0.1) is 0 Å². The minimum absolute atomic E-state index is 0.235. The van der Waals surface area contributed by atoms with E-state index in [1.165, 1.54) is 0 Å². The van der Waals surface area contributed by atoms with Crippen LogP contribution in [0.5, 0.6) is 11.5 Å². The third-order valence-electron chi connectivity index (χ3n) is 9.85. The lowest BCUT2D eigenvalue weighted by Crippen LogP contribution is -2.33. The van der Waals surface area contributed by atoms with Crippen LogP contribution in [0, 0.1) is 0 Å². The summed E-state index contributed by atoms with van der Waals surface area (Å²) < 4.78 is 12.9. The summed E-state index contributed by atoms with van der Waals surface area (Å²) in [5, 5.41) is 7.42. The van der Waals surface area contributed by atoms with E-state index in [0.29, 0.717) is 69.9 Å². The number of H-pyrrole nitrogens is 1. The topological polar surface area (TPSA) is 151 Å². The highest BCUT2D eigenvalue weighted by Gasteiger charge is 2.54. The molecule has 12 nitrogen and oxygen atoms in total.